The second-order valence-electron chi connectivity index (χ2n) is 9.14. The molecule has 0 aromatic heterocycles. The van der Waals surface area contributed by atoms with Gasteiger partial charge in [-0.15, -0.1) is 0 Å². The van der Waals surface area contributed by atoms with Crippen LogP contribution in [-0.4, -0.2) is 17.9 Å². The third-order valence-corrected chi connectivity index (χ3v) is 6.07. The first kappa shape index (κ1) is 24.2. The lowest BCUT2D eigenvalue weighted by Crippen LogP contribution is -2.49. The quantitative estimate of drug-likeness (QED) is 0.494. The van der Waals surface area contributed by atoms with Crippen molar-refractivity contribution in [3.05, 3.63) is 41.6 Å². The zero-order valence-corrected chi connectivity index (χ0v) is 19.6. The van der Waals surface area contributed by atoms with E-state index in [9.17, 15) is 9.59 Å². The number of hydrogen-bond acceptors (Lipinski definition) is 2. The summed E-state index contributed by atoms with van der Waals surface area (Å²) < 4.78 is 0. The first-order valence-corrected chi connectivity index (χ1v) is 11.7. The second kappa shape index (κ2) is 11.3. The Balaban J connectivity index is 2.35. The van der Waals surface area contributed by atoms with Gasteiger partial charge in [0, 0.05) is 24.2 Å². The molecule has 166 valence electrons. The SMILES string of the molecule is C=C1NC(=O)CCC1N(C(=O)CCC)c1ccc(C(CCC)CCC(C)C)cc1C. The van der Waals surface area contributed by atoms with Crippen molar-refractivity contribution in [2.75, 3.05) is 4.90 Å². The molecule has 0 spiro atoms. The highest BCUT2D eigenvalue weighted by Crippen LogP contribution is 2.34. The Kier molecular flexibility index (Phi) is 9.13. The highest BCUT2D eigenvalue weighted by atomic mass is 16.2. The van der Waals surface area contributed by atoms with Gasteiger partial charge in [-0.2, -0.15) is 0 Å². The predicted molar refractivity (Wildman–Crippen MR) is 126 cm³/mol. The van der Waals surface area contributed by atoms with E-state index >= 15 is 0 Å². The minimum Gasteiger partial charge on any atom is -0.328 e. The fourth-order valence-corrected chi connectivity index (χ4v) is 4.43. The van der Waals surface area contributed by atoms with Crippen LogP contribution in [0.15, 0.2) is 30.5 Å². The molecule has 30 heavy (non-hydrogen) atoms. The minimum absolute atomic E-state index is 0.0150. The van der Waals surface area contributed by atoms with Gasteiger partial charge in [0.25, 0.3) is 0 Å². The first-order chi connectivity index (χ1) is 14.3. The Morgan fingerprint density at radius 1 is 1.20 bits per heavy atom. The van der Waals surface area contributed by atoms with Gasteiger partial charge in [-0.3, -0.25) is 9.59 Å². The lowest BCUT2D eigenvalue weighted by molar-refractivity contribution is -0.123. The normalized spacial score (nSPS) is 17.7. The number of amides is 2. The second-order valence-corrected chi connectivity index (χ2v) is 9.14. The fraction of sp³-hybridized carbons (Fsp3) is 0.615. The molecular weight excluding hydrogens is 372 g/mol. The lowest BCUT2D eigenvalue weighted by Gasteiger charge is -2.37. The summed E-state index contributed by atoms with van der Waals surface area (Å²) in [6.45, 7) is 15.0. The van der Waals surface area contributed by atoms with Gasteiger partial charge in [0.1, 0.15) is 0 Å². The van der Waals surface area contributed by atoms with Crippen LogP contribution in [0, 0.1) is 12.8 Å². The summed E-state index contributed by atoms with van der Waals surface area (Å²) in [6.07, 6.45) is 7.13. The molecule has 0 bridgehead atoms. The van der Waals surface area contributed by atoms with Gasteiger partial charge in [0.05, 0.1) is 6.04 Å². The van der Waals surface area contributed by atoms with Crippen molar-refractivity contribution in [3.63, 3.8) is 0 Å². The average Bonchev–Trinajstić information content (AvgIpc) is 2.68. The van der Waals surface area contributed by atoms with Crippen LogP contribution in [0.1, 0.15) is 96.1 Å². The predicted octanol–water partition coefficient (Wildman–Crippen LogP) is 6.24. The van der Waals surface area contributed by atoms with Gasteiger partial charge in [0.2, 0.25) is 11.8 Å². The van der Waals surface area contributed by atoms with E-state index in [2.05, 4.69) is 57.8 Å². The van der Waals surface area contributed by atoms with Crippen molar-refractivity contribution in [3.8, 4) is 0 Å². The zero-order valence-electron chi connectivity index (χ0n) is 19.6. The maximum Gasteiger partial charge on any atom is 0.227 e. The molecular formula is C26H40N2O2. The number of aryl methyl sites for hydroxylation is 1. The van der Waals surface area contributed by atoms with Crippen LogP contribution < -0.4 is 10.2 Å². The summed E-state index contributed by atoms with van der Waals surface area (Å²) in [5, 5.41) is 2.84. The largest absolute Gasteiger partial charge is 0.328 e. The van der Waals surface area contributed by atoms with Crippen LogP contribution in [0.4, 0.5) is 5.69 Å². The van der Waals surface area contributed by atoms with Crippen LogP contribution in [0.3, 0.4) is 0 Å². The van der Waals surface area contributed by atoms with Crippen LogP contribution in [-0.2, 0) is 9.59 Å². The number of nitrogens with zero attached hydrogens (tertiary/aromatic N) is 1. The van der Waals surface area contributed by atoms with E-state index in [1.54, 1.807) is 0 Å². The van der Waals surface area contributed by atoms with Crippen molar-refractivity contribution in [2.24, 2.45) is 5.92 Å². The van der Waals surface area contributed by atoms with E-state index in [4.69, 9.17) is 0 Å². The highest BCUT2D eigenvalue weighted by Gasteiger charge is 2.32. The molecule has 1 heterocycles. The van der Waals surface area contributed by atoms with Crippen molar-refractivity contribution in [1.82, 2.24) is 5.32 Å². The maximum absolute atomic E-state index is 13.1. The topological polar surface area (TPSA) is 49.4 Å². The number of anilines is 1. The van der Waals surface area contributed by atoms with Gasteiger partial charge < -0.3 is 10.2 Å². The Hall–Kier alpha value is -2.10. The van der Waals surface area contributed by atoms with E-state index in [0.717, 1.165) is 17.7 Å². The molecule has 4 nitrogen and oxygen atoms in total. The van der Waals surface area contributed by atoms with Crippen LogP contribution >= 0.6 is 0 Å². The monoisotopic (exact) mass is 412 g/mol. The van der Waals surface area contributed by atoms with E-state index in [-0.39, 0.29) is 17.9 Å². The molecule has 0 radical (unpaired) electrons. The van der Waals surface area contributed by atoms with E-state index in [1.807, 2.05) is 11.8 Å². The van der Waals surface area contributed by atoms with Crippen molar-refractivity contribution < 1.29 is 9.59 Å². The Bertz CT molecular complexity index is 753. The summed E-state index contributed by atoms with van der Waals surface area (Å²) in [4.78, 5) is 26.7. The molecule has 1 aromatic carbocycles. The number of carbonyl (C=O) groups is 2. The third-order valence-electron chi connectivity index (χ3n) is 6.07. The van der Waals surface area contributed by atoms with Gasteiger partial charge in [-0.05, 0) is 61.6 Å². The number of hydrogen-bond donors (Lipinski definition) is 1. The molecule has 0 aliphatic carbocycles. The maximum atomic E-state index is 13.1. The molecule has 0 saturated carbocycles. The molecule has 1 aliphatic rings. The summed E-state index contributed by atoms with van der Waals surface area (Å²) >= 11 is 0. The number of nitrogens with one attached hydrogen (secondary N) is 1. The third kappa shape index (κ3) is 6.20. The summed E-state index contributed by atoms with van der Waals surface area (Å²) in [6, 6.07) is 6.41. The Morgan fingerprint density at radius 3 is 2.50 bits per heavy atom. The molecule has 2 amide bonds. The van der Waals surface area contributed by atoms with Crippen molar-refractivity contribution >= 4 is 17.5 Å². The minimum atomic E-state index is -0.182. The first-order valence-electron chi connectivity index (χ1n) is 11.7. The zero-order chi connectivity index (χ0) is 22.3. The van der Waals surface area contributed by atoms with Crippen LogP contribution in [0.2, 0.25) is 0 Å². The molecule has 1 saturated heterocycles. The molecule has 1 fully saturated rings. The average molecular weight is 413 g/mol. The molecule has 1 aromatic rings. The van der Waals surface area contributed by atoms with Crippen LogP contribution in [0.25, 0.3) is 0 Å². The van der Waals surface area contributed by atoms with Gasteiger partial charge >= 0.3 is 0 Å². The standard InChI is InChI=1S/C26H40N2O2/c1-7-9-21(12-11-18(3)4)22-13-14-23(19(5)17-22)28(26(30)10-8-2)24-15-16-25(29)27-20(24)6/h13-14,17-18,21,24H,6-12,15-16H2,1-5H3,(H,27,29). The van der Waals surface area contributed by atoms with Gasteiger partial charge in [-0.1, -0.05) is 59.2 Å². The number of carbonyl (C=O) groups excluding carboxylic acids is 2. The smallest absolute Gasteiger partial charge is 0.227 e. The molecule has 4 heteroatoms. The Labute approximate surface area is 183 Å². The van der Waals surface area contributed by atoms with Crippen LogP contribution in [0.5, 0.6) is 0 Å². The lowest BCUT2D eigenvalue weighted by atomic mass is 9.87. The summed E-state index contributed by atoms with van der Waals surface area (Å²) in [7, 11) is 0. The fourth-order valence-electron chi connectivity index (χ4n) is 4.43. The highest BCUT2D eigenvalue weighted by molar-refractivity contribution is 5.96. The molecule has 2 atom stereocenters. The summed E-state index contributed by atoms with van der Waals surface area (Å²) in [5.74, 6) is 1.35. The van der Waals surface area contributed by atoms with E-state index < -0.39 is 0 Å². The van der Waals surface area contributed by atoms with Crippen molar-refractivity contribution in [1.29, 1.82) is 0 Å². The molecule has 2 rings (SSSR count). The van der Waals surface area contributed by atoms with Crippen molar-refractivity contribution in [2.45, 2.75) is 97.9 Å². The Morgan fingerprint density at radius 2 is 1.93 bits per heavy atom. The molecule has 2 unspecified atom stereocenters. The van der Waals surface area contributed by atoms with E-state index in [1.165, 1.54) is 31.2 Å². The van der Waals surface area contributed by atoms with Gasteiger partial charge in [0.15, 0.2) is 0 Å². The molecule has 1 aliphatic heterocycles. The molecule has 1 N–H and O–H groups in total. The van der Waals surface area contributed by atoms with Gasteiger partial charge in [-0.25, -0.2) is 0 Å². The number of rotatable bonds is 10. The van der Waals surface area contributed by atoms with E-state index in [0.29, 0.717) is 36.8 Å². The number of piperidine rings is 1. The summed E-state index contributed by atoms with van der Waals surface area (Å²) in [5.41, 5.74) is 4.06. The number of benzene rings is 1.